The molecule has 1 aromatic heterocycles. The van der Waals surface area contributed by atoms with Gasteiger partial charge in [0.25, 0.3) is 5.91 Å². The summed E-state index contributed by atoms with van der Waals surface area (Å²) in [5.74, 6) is -0.0659. The van der Waals surface area contributed by atoms with Gasteiger partial charge in [-0.15, -0.1) is 0 Å². The Morgan fingerprint density at radius 2 is 1.75 bits per heavy atom. The summed E-state index contributed by atoms with van der Waals surface area (Å²) in [6, 6.07) is 10.8. The number of carbonyl (C=O) groups excluding carboxylic acids is 2. The van der Waals surface area contributed by atoms with Crippen LogP contribution in [0.1, 0.15) is 23.8 Å². The highest BCUT2D eigenvalue weighted by atomic mass is 32.2. The van der Waals surface area contributed by atoms with Gasteiger partial charge in [0.15, 0.2) is 5.69 Å². The maximum atomic E-state index is 12.9. The van der Waals surface area contributed by atoms with Gasteiger partial charge in [0, 0.05) is 38.7 Å². The number of para-hydroxylation sites is 1. The Labute approximate surface area is 164 Å². The minimum Gasteiger partial charge on any atom is -0.335 e. The first-order valence-electron chi connectivity index (χ1n) is 8.99. The molecule has 3 rings (SSSR count). The molecular formula is C18H23N5O4S. The fourth-order valence-electron chi connectivity index (χ4n) is 2.96. The zero-order valence-electron chi connectivity index (χ0n) is 15.8. The third kappa shape index (κ3) is 4.39. The molecule has 0 atom stereocenters. The van der Waals surface area contributed by atoms with Gasteiger partial charge in [0.05, 0.1) is 11.9 Å². The van der Waals surface area contributed by atoms with Gasteiger partial charge in [0.1, 0.15) is 5.82 Å². The summed E-state index contributed by atoms with van der Waals surface area (Å²) in [7, 11) is -3.27. The number of nitrogens with zero attached hydrogens (tertiary/aromatic N) is 4. The van der Waals surface area contributed by atoms with Gasteiger partial charge in [0.2, 0.25) is 15.9 Å². The molecule has 9 nitrogen and oxygen atoms in total. The van der Waals surface area contributed by atoms with Crippen LogP contribution in [-0.4, -0.2) is 71.7 Å². The van der Waals surface area contributed by atoms with Crippen LogP contribution in [0.5, 0.6) is 0 Å². The third-order valence-corrected chi connectivity index (χ3v) is 5.82. The van der Waals surface area contributed by atoms with Crippen molar-refractivity contribution < 1.29 is 18.0 Å². The van der Waals surface area contributed by atoms with E-state index in [2.05, 4.69) is 10.4 Å². The van der Waals surface area contributed by atoms with Crippen molar-refractivity contribution in [2.75, 3.05) is 37.8 Å². The van der Waals surface area contributed by atoms with E-state index in [-0.39, 0.29) is 30.6 Å². The second-order valence-corrected chi connectivity index (χ2v) is 8.50. The lowest BCUT2D eigenvalue weighted by atomic mass is 10.3. The van der Waals surface area contributed by atoms with E-state index in [0.717, 1.165) is 11.9 Å². The Hall–Kier alpha value is -2.72. The molecule has 0 unspecified atom stereocenters. The van der Waals surface area contributed by atoms with Crippen LogP contribution < -0.4 is 5.32 Å². The second kappa shape index (κ2) is 8.11. The molecule has 0 radical (unpaired) electrons. The summed E-state index contributed by atoms with van der Waals surface area (Å²) >= 11 is 0. The lowest BCUT2D eigenvalue weighted by Gasteiger charge is -2.32. The lowest BCUT2D eigenvalue weighted by Crippen LogP contribution is -2.50. The van der Waals surface area contributed by atoms with E-state index in [9.17, 15) is 18.0 Å². The Morgan fingerprint density at radius 3 is 2.32 bits per heavy atom. The van der Waals surface area contributed by atoms with E-state index in [1.54, 1.807) is 17.9 Å². The molecule has 0 aliphatic carbocycles. The molecule has 1 aliphatic rings. The molecule has 10 heteroatoms. The van der Waals surface area contributed by atoms with Gasteiger partial charge in [-0.1, -0.05) is 25.1 Å². The zero-order valence-corrected chi connectivity index (χ0v) is 16.6. The van der Waals surface area contributed by atoms with Crippen LogP contribution in [0.4, 0.5) is 5.82 Å². The number of nitrogens with one attached hydrogen (secondary N) is 1. The van der Waals surface area contributed by atoms with Crippen molar-refractivity contribution in [1.29, 1.82) is 0 Å². The van der Waals surface area contributed by atoms with Gasteiger partial charge in [-0.25, -0.2) is 13.1 Å². The molecule has 1 fully saturated rings. The maximum absolute atomic E-state index is 12.9. The van der Waals surface area contributed by atoms with Crippen molar-refractivity contribution >= 4 is 27.7 Å². The van der Waals surface area contributed by atoms with E-state index in [0.29, 0.717) is 25.3 Å². The average molecular weight is 405 g/mol. The van der Waals surface area contributed by atoms with E-state index in [1.165, 1.54) is 8.99 Å². The van der Waals surface area contributed by atoms with Crippen LogP contribution in [0.25, 0.3) is 5.69 Å². The minimum absolute atomic E-state index is 0.183. The quantitative estimate of drug-likeness (QED) is 0.797. The fourth-order valence-corrected chi connectivity index (χ4v) is 3.78. The molecule has 0 spiro atoms. The minimum atomic E-state index is -3.27. The molecule has 0 saturated carbocycles. The van der Waals surface area contributed by atoms with Gasteiger partial charge < -0.3 is 10.2 Å². The standard InChI is InChI=1S/C18H23N5O4S/c1-3-17(24)19-16-13-15(20-23(16)14-7-5-4-6-8-14)18(25)21-9-11-22(12-10-21)28(2,26)27/h4-8,13H,3,9-12H2,1-2H3,(H,19,24). The molecular weight excluding hydrogens is 382 g/mol. The summed E-state index contributed by atoms with van der Waals surface area (Å²) < 4.78 is 26.1. The van der Waals surface area contributed by atoms with Crippen molar-refractivity contribution in [3.05, 3.63) is 42.1 Å². The van der Waals surface area contributed by atoms with Crippen LogP contribution in [0.2, 0.25) is 0 Å². The first kappa shape index (κ1) is 20.0. The molecule has 1 aromatic carbocycles. The number of hydrogen-bond acceptors (Lipinski definition) is 5. The van der Waals surface area contributed by atoms with Crippen molar-refractivity contribution in [3.8, 4) is 5.69 Å². The number of hydrogen-bond donors (Lipinski definition) is 1. The molecule has 2 amide bonds. The summed E-state index contributed by atoms with van der Waals surface area (Å²) in [5.41, 5.74) is 0.915. The van der Waals surface area contributed by atoms with E-state index in [4.69, 9.17) is 0 Å². The van der Waals surface area contributed by atoms with Crippen LogP contribution in [0, 0.1) is 0 Å². The lowest BCUT2D eigenvalue weighted by molar-refractivity contribution is -0.115. The van der Waals surface area contributed by atoms with Crippen LogP contribution in [0.15, 0.2) is 36.4 Å². The van der Waals surface area contributed by atoms with E-state index >= 15 is 0 Å². The summed E-state index contributed by atoms with van der Waals surface area (Å²) in [6.07, 6.45) is 1.46. The van der Waals surface area contributed by atoms with Gasteiger partial charge >= 0.3 is 0 Å². The largest absolute Gasteiger partial charge is 0.335 e. The van der Waals surface area contributed by atoms with Crippen LogP contribution in [0.3, 0.4) is 0 Å². The predicted octanol–water partition coefficient (Wildman–Crippen LogP) is 0.938. The van der Waals surface area contributed by atoms with Gasteiger partial charge in [-0.2, -0.15) is 9.40 Å². The first-order valence-corrected chi connectivity index (χ1v) is 10.8. The Balaban J connectivity index is 1.84. The SMILES string of the molecule is CCC(=O)Nc1cc(C(=O)N2CCN(S(C)(=O)=O)CC2)nn1-c1ccccc1. The maximum Gasteiger partial charge on any atom is 0.274 e. The monoisotopic (exact) mass is 405 g/mol. The van der Waals surface area contributed by atoms with E-state index < -0.39 is 10.0 Å². The van der Waals surface area contributed by atoms with Crippen molar-refractivity contribution in [1.82, 2.24) is 19.0 Å². The topological polar surface area (TPSA) is 105 Å². The Morgan fingerprint density at radius 1 is 1.11 bits per heavy atom. The molecule has 1 aliphatic heterocycles. The third-order valence-electron chi connectivity index (χ3n) is 4.51. The highest BCUT2D eigenvalue weighted by molar-refractivity contribution is 7.88. The number of aromatic nitrogens is 2. The Bertz CT molecular complexity index is 963. The van der Waals surface area contributed by atoms with Crippen molar-refractivity contribution in [3.63, 3.8) is 0 Å². The first-order chi connectivity index (χ1) is 13.3. The molecule has 2 heterocycles. The molecule has 1 N–H and O–H groups in total. The molecule has 0 bridgehead atoms. The Kier molecular flexibility index (Phi) is 5.80. The second-order valence-electron chi connectivity index (χ2n) is 6.52. The number of anilines is 1. The number of benzene rings is 1. The molecule has 1 saturated heterocycles. The number of piperazine rings is 1. The fraction of sp³-hybridized carbons (Fsp3) is 0.389. The van der Waals surface area contributed by atoms with Crippen LogP contribution >= 0.6 is 0 Å². The highest BCUT2D eigenvalue weighted by Gasteiger charge is 2.28. The van der Waals surface area contributed by atoms with Crippen molar-refractivity contribution in [2.45, 2.75) is 13.3 Å². The predicted molar refractivity (Wildman–Crippen MR) is 105 cm³/mol. The number of rotatable bonds is 5. The zero-order chi connectivity index (χ0) is 20.3. The number of sulfonamides is 1. The number of carbonyl (C=O) groups is 2. The average Bonchev–Trinajstić information content (AvgIpc) is 3.11. The molecule has 2 aromatic rings. The molecule has 150 valence electrons. The summed E-state index contributed by atoms with van der Waals surface area (Å²) in [6.45, 7) is 2.83. The van der Waals surface area contributed by atoms with Gasteiger partial charge in [-0.3, -0.25) is 9.59 Å². The van der Waals surface area contributed by atoms with Crippen LogP contribution in [-0.2, 0) is 14.8 Å². The van der Waals surface area contributed by atoms with Crippen molar-refractivity contribution in [2.24, 2.45) is 0 Å². The summed E-state index contributed by atoms with van der Waals surface area (Å²) in [4.78, 5) is 26.3. The number of amides is 2. The normalized spacial score (nSPS) is 15.4. The smallest absolute Gasteiger partial charge is 0.274 e. The van der Waals surface area contributed by atoms with Gasteiger partial charge in [-0.05, 0) is 12.1 Å². The summed E-state index contributed by atoms with van der Waals surface area (Å²) in [5, 5.41) is 7.16. The highest BCUT2D eigenvalue weighted by Crippen LogP contribution is 2.19. The van der Waals surface area contributed by atoms with E-state index in [1.807, 2.05) is 30.3 Å². The molecule has 28 heavy (non-hydrogen) atoms.